The van der Waals surface area contributed by atoms with Crippen molar-refractivity contribution in [1.29, 1.82) is 0 Å². The lowest BCUT2D eigenvalue weighted by molar-refractivity contribution is 0.626. The number of hydrazone groups is 1. The quantitative estimate of drug-likeness (QED) is 0.651. The zero-order valence-corrected chi connectivity index (χ0v) is 10.7. The Morgan fingerprint density at radius 3 is 2.50 bits per heavy atom. The van der Waals surface area contributed by atoms with Gasteiger partial charge in [0.2, 0.25) is 0 Å². The predicted molar refractivity (Wildman–Crippen MR) is 73.9 cm³/mol. The average Bonchev–Trinajstić information content (AvgIpc) is 2.37. The maximum absolute atomic E-state index is 13.5. The second-order valence-corrected chi connectivity index (χ2v) is 4.30. The fraction of sp³-hybridized carbons (Fsp3) is 0. The predicted octanol–water partition coefficient (Wildman–Crippen LogP) is 4.49. The first kappa shape index (κ1) is 12.9. The highest BCUT2D eigenvalue weighted by atomic mass is 35.5. The molecular weight excluding hydrogens is 274 g/mol. The van der Waals surface area contributed by atoms with Crippen molar-refractivity contribution in [2.24, 2.45) is 5.10 Å². The molecule has 0 spiro atoms. The molecule has 2 rings (SSSR count). The molecule has 2 aromatic carbocycles. The van der Waals surface area contributed by atoms with Crippen LogP contribution in [0.2, 0.25) is 5.02 Å². The first-order chi connectivity index (χ1) is 8.66. The second kappa shape index (κ2) is 5.85. The third kappa shape index (κ3) is 3.22. The maximum atomic E-state index is 13.5. The number of hydrogen-bond donors (Lipinski definition) is 1. The van der Waals surface area contributed by atoms with Crippen molar-refractivity contribution in [3.8, 4) is 0 Å². The normalized spacial score (nSPS) is 11.4. The molecule has 18 heavy (non-hydrogen) atoms. The van der Waals surface area contributed by atoms with Crippen LogP contribution in [0.3, 0.4) is 0 Å². The molecule has 1 N–H and O–H groups in total. The summed E-state index contributed by atoms with van der Waals surface area (Å²) < 4.78 is 13.5. The molecular formula is C13H9Cl2FN2. The Balaban J connectivity index is 2.18. The molecule has 0 saturated heterocycles. The molecule has 0 atom stereocenters. The van der Waals surface area contributed by atoms with Crippen LogP contribution in [-0.2, 0) is 0 Å². The molecule has 5 heteroatoms. The molecule has 2 aromatic rings. The molecule has 0 aliphatic heterocycles. The minimum Gasteiger partial charge on any atom is -0.277 e. The zero-order valence-electron chi connectivity index (χ0n) is 9.20. The zero-order chi connectivity index (χ0) is 13.0. The molecule has 0 aliphatic carbocycles. The Morgan fingerprint density at radius 1 is 1.11 bits per heavy atom. The van der Waals surface area contributed by atoms with Gasteiger partial charge in [0.1, 0.15) is 5.82 Å². The van der Waals surface area contributed by atoms with E-state index in [9.17, 15) is 4.39 Å². The number of halogens is 3. The highest BCUT2D eigenvalue weighted by Crippen LogP contribution is 2.17. The van der Waals surface area contributed by atoms with Crippen LogP contribution in [0.15, 0.2) is 53.6 Å². The van der Waals surface area contributed by atoms with Crippen molar-refractivity contribution in [1.82, 2.24) is 0 Å². The molecule has 2 nitrogen and oxygen atoms in total. The van der Waals surface area contributed by atoms with Crippen molar-refractivity contribution in [2.45, 2.75) is 0 Å². The summed E-state index contributed by atoms with van der Waals surface area (Å²) in [5.74, 6) is -0.508. The lowest BCUT2D eigenvalue weighted by atomic mass is 10.2. The molecule has 0 radical (unpaired) electrons. The number of rotatable bonds is 3. The van der Waals surface area contributed by atoms with Crippen LogP contribution < -0.4 is 5.43 Å². The van der Waals surface area contributed by atoms with Gasteiger partial charge < -0.3 is 0 Å². The molecule has 0 unspecified atom stereocenters. The van der Waals surface area contributed by atoms with Crippen LogP contribution >= 0.6 is 23.2 Å². The highest BCUT2D eigenvalue weighted by Gasteiger charge is 2.07. The summed E-state index contributed by atoms with van der Waals surface area (Å²) in [5.41, 5.74) is 3.71. The first-order valence-electron chi connectivity index (χ1n) is 5.16. The van der Waals surface area contributed by atoms with E-state index in [2.05, 4.69) is 10.5 Å². The van der Waals surface area contributed by atoms with E-state index in [4.69, 9.17) is 23.2 Å². The standard InChI is InChI=1S/C13H9Cl2FN2/c14-9-6-7-11(12(16)8-9)13(15)18-17-10-4-2-1-3-5-10/h1-8,17H. The minimum absolute atomic E-state index is 0.0352. The van der Waals surface area contributed by atoms with E-state index < -0.39 is 5.82 Å². The van der Waals surface area contributed by atoms with Gasteiger partial charge in [-0.2, -0.15) is 5.10 Å². The summed E-state index contributed by atoms with van der Waals surface area (Å²) in [4.78, 5) is 0. The van der Waals surface area contributed by atoms with Gasteiger partial charge in [-0.3, -0.25) is 5.43 Å². The Bertz CT molecular complexity index is 570. The highest BCUT2D eigenvalue weighted by molar-refractivity contribution is 6.69. The maximum Gasteiger partial charge on any atom is 0.159 e. The van der Waals surface area contributed by atoms with Crippen molar-refractivity contribution >= 4 is 34.1 Å². The fourth-order valence-corrected chi connectivity index (χ4v) is 1.70. The van der Waals surface area contributed by atoms with Crippen LogP contribution in [0, 0.1) is 5.82 Å². The van der Waals surface area contributed by atoms with Crippen molar-refractivity contribution in [2.75, 3.05) is 5.43 Å². The number of nitrogens with zero attached hydrogens (tertiary/aromatic N) is 1. The van der Waals surface area contributed by atoms with Gasteiger partial charge in [-0.25, -0.2) is 4.39 Å². The van der Waals surface area contributed by atoms with E-state index in [-0.39, 0.29) is 10.7 Å². The lowest BCUT2D eigenvalue weighted by Crippen LogP contribution is -2.00. The fourth-order valence-electron chi connectivity index (χ4n) is 1.34. The van der Waals surface area contributed by atoms with E-state index in [1.165, 1.54) is 12.1 Å². The molecule has 92 valence electrons. The van der Waals surface area contributed by atoms with Gasteiger partial charge in [-0.15, -0.1) is 0 Å². The molecule has 0 aliphatic rings. The summed E-state index contributed by atoms with van der Waals surface area (Å²) in [7, 11) is 0. The molecule has 0 heterocycles. The Kier molecular flexibility index (Phi) is 4.18. The number of benzene rings is 2. The second-order valence-electron chi connectivity index (χ2n) is 3.50. The van der Waals surface area contributed by atoms with Gasteiger partial charge >= 0.3 is 0 Å². The smallest absolute Gasteiger partial charge is 0.159 e. The average molecular weight is 283 g/mol. The molecule has 0 bridgehead atoms. The molecule has 0 fully saturated rings. The minimum atomic E-state index is -0.508. The summed E-state index contributed by atoms with van der Waals surface area (Å²) in [5, 5.41) is 4.26. The molecule has 0 aromatic heterocycles. The Hall–Kier alpha value is -1.58. The lowest BCUT2D eigenvalue weighted by Gasteiger charge is -2.03. The topological polar surface area (TPSA) is 24.4 Å². The number of hydrogen-bond acceptors (Lipinski definition) is 2. The summed E-state index contributed by atoms with van der Waals surface area (Å²) >= 11 is 11.6. The van der Waals surface area contributed by atoms with Crippen LogP contribution in [0.4, 0.5) is 10.1 Å². The van der Waals surface area contributed by atoms with E-state index in [0.29, 0.717) is 5.02 Å². The van der Waals surface area contributed by atoms with E-state index in [0.717, 1.165) is 5.69 Å². The molecule has 0 saturated carbocycles. The van der Waals surface area contributed by atoms with Crippen LogP contribution in [-0.4, -0.2) is 5.17 Å². The van der Waals surface area contributed by atoms with Crippen molar-refractivity contribution in [3.63, 3.8) is 0 Å². The summed E-state index contributed by atoms with van der Waals surface area (Å²) in [6, 6.07) is 13.5. The van der Waals surface area contributed by atoms with Crippen LogP contribution in [0.1, 0.15) is 5.56 Å². The molecule has 0 amide bonds. The monoisotopic (exact) mass is 282 g/mol. The van der Waals surface area contributed by atoms with Gasteiger partial charge in [0.25, 0.3) is 0 Å². The number of para-hydroxylation sites is 1. The number of anilines is 1. The van der Waals surface area contributed by atoms with E-state index in [1.54, 1.807) is 6.07 Å². The van der Waals surface area contributed by atoms with Gasteiger partial charge in [-0.05, 0) is 30.3 Å². The van der Waals surface area contributed by atoms with Crippen molar-refractivity contribution in [3.05, 3.63) is 64.9 Å². The van der Waals surface area contributed by atoms with E-state index in [1.807, 2.05) is 30.3 Å². The Labute approximate surface area is 114 Å². The summed E-state index contributed by atoms with van der Waals surface area (Å²) in [6.07, 6.45) is 0. The SMILES string of the molecule is Fc1cc(Cl)ccc1C(Cl)=NNc1ccccc1. The van der Waals surface area contributed by atoms with Crippen LogP contribution in [0.25, 0.3) is 0 Å². The van der Waals surface area contributed by atoms with Gasteiger partial charge in [0.15, 0.2) is 5.17 Å². The van der Waals surface area contributed by atoms with Gasteiger partial charge in [0.05, 0.1) is 5.69 Å². The van der Waals surface area contributed by atoms with Gasteiger partial charge in [0, 0.05) is 10.6 Å². The largest absolute Gasteiger partial charge is 0.277 e. The summed E-state index contributed by atoms with van der Waals surface area (Å²) in [6.45, 7) is 0. The van der Waals surface area contributed by atoms with E-state index >= 15 is 0 Å². The van der Waals surface area contributed by atoms with Gasteiger partial charge in [-0.1, -0.05) is 41.4 Å². The van der Waals surface area contributed by atoms with Crippen LogP contribution in [0.5, 0.6) is 0 Å². The van der Waals surface area contributed by atoms with Crippen molar-refractivity contribution < 1.29 is 4.39 Å². The third-order valence-electron chi connectivity index (χ3n) is 2.21. The third-order valence-corrected chi connectivity index (χ3v) is 2.73. The number of nitrogens with one attached hydrogen (secondary N) is 1. The Morgan fingerprint density at radius 2 is 1.83 bits per heavy atom. The first-order valence-corrected chi connectivity index (χ1v) is 5.92.